The number of benzene rings is 3. The number of rotatable bonds is 6. The van der Waals surface area contributed by atoms with Crippen LogP contribution in [0.25, 0.3) is 0 Å². The molecule has 1 heterocycles. The quantitative estimate of drug-likeness (QED) is 0.628. The topological polar surface area (TPSA) is 70.7 Å². The number of anilines is 3. The molecular weight excluding hydrogens is 390 g/mol. The summed E-state index contributed by atoms with van der Waals surface area (Å²) in [6, 6.07) is 22.6. The molecule has 0 saturated carbocycles. The van der Waals surface area contributed by atoms with Crippen LogP contribution in [0.2, 0.25) is 0 Å². The maximum Gasteiger partial charge on any atom is 0.255 e. The minimum Gasteiger partial charge on any atom is -0.495 e. The van der Waals surface area contributed by atoms with Crippen molar-refractivity contribution >= 4 is 28.9 Å². The van der Waals surface area contributed by atoms with E-state index < -0.39 is 0 Å². The highest BCUT2D eigenvalue weighted by atomic mass is 16.5. The zero-order chi connectivity index (χ0) is 21.8. The summed E-state index contributed by atoms with van der Waals surface area (Å²) in [5.41, 5.74) is 4.14. The van der Waals surface area contributed by atoms with Gasteiger partial charge in [0.15, 0.2) is 0 Å². The Balaban J connectivity index is 1.37. The number of hydrogen-bond donors (Lipinski definition) is 2. The van der Waals surface area contributed by atoms with E-state index in [9.17, 15) is 9.59 Å². The first kappa shape index (κ1) is 20.5. The van der Waals surface area contributed by atoms with Crippen LogP contribution in [0.3, 0.4) is 0 Å². The van der Waals surface area contributed by atoms with E-state index >= 15 is 0 Å². The molecule has 1 aliphatic heterocycles. The van der Waals surface area contributed by atoms with Gasteiger partial charge in [-0.3, -0.25) is 9.59 Å². The van der Waals surface area contributed by atoms with Gasteiger partial charge in [0.25, 0.3) is 5.91 Å². The third-order valence-corrected chi connectivity index (χ3v) is 5.45. The van der Waals surface area contributed by atoms with Gasteiger partial charge in [-0.05, 0) is 61.4 Å². The molecule has 3 aromatic rings. The van der Waals surface area contributed by atoms with Gasteiger partial charge < -0.3 is 20.3 Å². The lowest BCUT2D eigenvalue weighted by molar-refractivity contribution is -0.115. The van der Waals surface area contributed by atoms with Gasteiger partial charge in [0, 0.05) is 23.0 Å². The van der Waals surface area contributed by atoms with Crippen molar-refractivity contribution in [3.63, 3.8) is 0 Å². The molecule has 0 fully saturated rings. The van der Waals surface area contributed by atoms with Crippen molar-refractivity contribution in [1.82, 2.24) is 0 Å². The molecule has 0 spiro atoms. The summed E-state index contributed by atoms with van der Waals surface area (Å²) in [5, 5.41) is 5.76. The normalized spacial score (nSPS) is 14.6. The number of nitrogens with zero attached hydrogens (tertiary/aromatic N) is 1. The van der Waals surface area contributed by atoms with Gasteiger partial charge in [-0.2, -0.15) is 0 Å². The van der Waals surface area contributed by atoms with Crippen molar-refractivity contribution in [2.75, 3.05) is 29.2 Å². The van der Waals surface area contributed by atoms with E-state index in [2.05, 4.69) is 34.6 Å². The molecule has 31 heavy (non-hydrogen) atoms. The lowest BCUT2D eigenvalue weighted by Gasteiger charge is -2.24. The molecule has 0 aliphatic carbocycles. The van der Waals surface area contributed by atoms with E-state index in [0.717, 1.165) is 12.1 Å². The van der Waals surface area contributed by atoms with Crippen molar-refractivity contribution in [2.24, 2.45) is 0 Å². The van der Waals surface area contributed by atoms with Crippen LogP contribution in [0, 0.1) is 0 Å². The van der Waals surface area contributed by atoms with Gasteiger partial charge in [-0.25, -0.2) is 0 Å². The third kappa shape index (κ3) is 4.53. The van der Waals surface area contributed by atoms with Crippen molar-refractivity contribution < 1.29 is 14.3 Å². The number of hydrogen-bond acceptors (Lipinski definition) is 4. The largest absolute Gasteiger partial charge is 0.495 e. The molecule has 1 aliphatic rings. The number of carbonyl (C=O) groups is 2. The van der Waals surface area contributed by atoms with Gasteiger partial charge in [-0.1, -0.05) is 30.3 Å². The Bertz CT molecular complexity index is 1100. The number of para-hydroxylation sites is 3. The summed E-state index contributed by atoms with van der Waals surface area (Å²) >= 11 is 0. The summed E-state index contributed by atoms with van der Waals surface area (Å²) in [7, 11) is 1.56. The maximum atomic E-state index is 12.6. The lowest BCUT2D eigenvalue weighted by atomic mass is 10.1. The molecule has 4 rings (SSSR count). The first-order chi connectivity index (χ1) is 15.0. The second kappa shape index (κ2) is 8.92. The molecule has 1 atom stereocenters. The van der Waals surface area contributed by atoms with Gasteiger partial charge in [0.05, 0.1) is 19.3 Å². The van der Waals surface area contributed by atoms with Crippen LogP contribution in [-0.2, 0) is 11.2 Å². The lowest BCUT2D eigenvalue weighted by Crippen LogP contribution is -2.37. The number of fused-ring (bicyclic) bond motifs is 1. The fraction of sp³-hybridized carbons (Fsp3) is 0.200. The van der Waals surface area contributed by atoms with Gasteiger partial charge >= 0.3 is 0 Å². The zero-order valence-corrected chi connectivity index (χ0v) is 17.6. The standard InChI is InChI=1S/C25H25N3O3/c1-17-15-19-7-3-5-9-22(19)28(17)16-24(29)26-20-13-11-18(12-14-20)25(30)27-21-8-4-6-10-23(21)31-2/h3-14,17H,15-16H2,1-2H3,(H,26,29)(H,27,30)/t17-/m0/s1. The highest BCUT2D eigenvalue weighted by molar-refractivity contribution is 6.05. The fourth-order valence-electron chi connectivity index (χ4n) is 3.87. The van der Waals surface area contributed by atoms with Crippen LogP contribution in [0.1, 0.15) is 22.8 Å². The van der Waals surface area contributed by atoms with Crippen LogP contribution < -0.4 is 20.3 Å². The Morgan fingerprint density at radius 3 is 2.45 bits per heavy atom. The van der Waals surface area contributed by atoms with E-state index in [1.165, 1.54) is 5.56 Å². The monoisotopic (exact) mass is 415 g/mol. The van der Waals surface area contributed by atoms with Gasteiger partial charge in [0.2, 0.25) is 5.91 Å². The second-order valence-corrected chi connectivity index (χ2v) is 7.59. The molecule has 3 aromatic carbocycles. The van der Waals surface area contributed by atoms with E-state index in [4.69, 9.17) is 4.74 Å². The summed E-state index contributed by atoms with van der Waals surface area (Å²) < 4.78 is 5.26. The predicted octanol–water partition coefficient (Wildman–Crippen LogP) is 4.34. The molecule has 6 heteroatoms. The highest BCUT2D eigenvalue weighted by Crippen LogP contribution is 2.31. The van der Waals surface area contributed by atoms with Crippen LogP contribution >= 0.6 is 0 Å². The van der Waals surface area contributed by atoms with Gasteiger partial charge in [-0.15, -0.1) is 0 Å². The summed E-state index contributed by atoms with van der Waals surface area (Å²) in [6.07, 6.45) is 0.944. The Hall–Kier alpha value is -3.80. The SMILES string of the molecule is COc1ccccc1NC(=O)c1ccc(NC(=O)CN2c3ccccc3C[C@@H]2C)cc1. The number of methoxy groups -OCH3 is 1. The molecule has 0 unspecified atom stereocenters. The first-order valence-corrected chi connectivity index (χ1v) is 10.2. The average Bonchev–Trinajstić information content (AvgIpc) is 3.09. The Morgan fingerprint density at radius 2 is 1.68 bits per heavy atom. The van der Waals surface area contributed by atoms with Gasteiger partial charge in [0.1, 0.15) is 5.75 Å². The summed E-state index contributed by atoms with van der Waals surface area (Å²) in [5.74, 6) is 0.261. The van der Waals surface area contributed by atoms with Crippen LogP contribution in [-0.4, -0.2) is 31.5 Å². The minimum atomic E-state index is -0.245. The summed E-state index contributed by atoms with van der Waals surface area (Å²) in [6.45, 7) is 2.41. The Kier molecular flexibility index (Phi) is 5.89. The van der Waals surface area contributed by atoms with Crippen LogP contribution in [0.5, 0.6) is 5.75 Å². The Morgan fingerprint density at radius 1 is 0.968 bits per heavy atom. The predicted molar refractivity (Wildman–Crippen MR) is 123 cm³/mol. The van der Waals surface area contributed by atoms with Crippen molar-refractivity contribution in [3.8, 4) is 5.75 Å². The molecule has 2 amide bonds. The minimum absolute atomic E-state index is 0.0882. The first-order valence-electron chi connectivity index (χ1n) is 10.2. The van der Waals surface area contributed by atoms with E-state index in [0.29, 0.717) is 22.7 Å². The van der Waals surface area contributed by atoms with E-state index in [1.807, 2.05) is 24.3 Å². The molecule has 0 radical (unpaired) electrons. The summed E-state index contributed by atoms with van der Waals surface area (Å²) in [4.78, 5) is 27.3. The highest BCUT2D eigenvalue weighted by Gasteiger charge is 2.27. The van der Waals surface area contributed by atoms with E-state index in [-0.39, 0.29) is 24.4 Å². The van der Waals surface area contributed by atoms with E-state index in [1.54, 1.807) is 43.5 Å². The van der Waals surface area contributed by atoms with Crippen molar-refractivity contribution in [1.29, 1.82) is 0 Å². The van der Waals surface area contributed by atoms with Crippen molar-refractivity contribution in [2.45, 2.75) is 19.4 Å². The molecular formula is C25H25N3O3. The average molecular weight is 415 g/mol. The van der Waals surface area contributed by atoms with Crippen LogP contribution in [0.4, 0.5) is 17.1 Å². The second-order valence-electron chi connectivity index (χ2n) is 7.59. The molecule has 0 aromatic heterocycles. The number of amides is 2. The smallest absolute Gasteiger partial charge is 0.255 e. The number of nitrogens with one attached hydrogen (secondary N) is 2. The number of carbonyl (C=O) groups excluding carboxylic acids is 2. The van der Waals surface area contributed by atoms with Crippen molar-refractivity contribution in [3.05, 3.63) is 83.9 Å². The fourth-order valence-corrected chi connectivity index (χ4v) is 3.87. The van der Waals surface area contributed by atoms with Crippen LogP contribution in [0.15, 0.2) is 72.8 Å². The molecule has 0 bridgehead atoms. The molecule has 158 valence electrons. The zero-order valence-electron chi connectivity index (χ0n) is 17.6. The molecule has 0 saturated heterocycles. The molecule has 2 N–H and O–H groups in total. The number of ether oxygens (including phenoxy) is 1. The maximum absolute atomic E-state index is 12.6. The third-order valence-electron chi connectivity index (χ3n) is 5.45. The molecule has 6 nitrogen and oxygen atoms in total. The Labute approximate surface area is 181 Å².